The van der Waals surface area contributed by atoms with Crippen molar-refractivity contribution in [2.45, 2.75) is 38.8 Å². The highest BCUT2D eigenvalue weighted by Crippen LogP contribution is 2.26. The van der Waals surface area contributed by atoms with Crippen LogP contribution in [0.2, 0.25) is 0 Å². The van der Waals surface area contributed by atoms with E-state index >= 15 is 0 Å². The summed E-state index contributed by atoms with van der Waals surface area (Å²) in [6, 6.07) is 8.86. The second kappa shape index (κ2) is 6.69. The molecule has 1 aliphatic rings. The van der Waals surface area contributed by atoms with Crippen LogP contribution in [0.3, 0.4) is 0 Å². The lowest BCUT2D eigenvalue weighted by molar-refractivity contribution is 0.0614. The van der Waals surface area contributed by atoms with Gasteiger partial charge in [-0.2, -0.15) is 0 Å². The van der Waals surface area contributed by atoms with E-state index < -0.39 is 0 Å². The van der Waals surface area contributed by atoms with Crippen molar-refractivity contribution in [1.29, 1.82) is 0 Å². The van der Waals surface area contributed by atoms with Crippen LogP contribution >= 0.6 is 15.9 Å². The number of nitrogens with one attached hydrogen (secondary N) is 1. The van der Waals surface area contributed by atoms with Crippen LogP contribution in [-0.4, -0.2) is 25.3 Å². The molecule has 0 radical (unpaired) electrons. The van der Waals surface area contributed by atoms with Gasteiger partial charge in [0.15, 0.2) is 0 Å². The summed E-state index contributed by atoms with van der Waals surface area (Å²) in [6.07, 6.45) is 2.55. The van der Waals surface area contributed by atoms with Crippen LogP contribution in [0.1, 0.15) is 25.8 Å². The number of likely N-dealkylation sites (N-methyl/N-ethyl adjacent to an activating group) is 1. The topological polar surface area (TPSA) is 21.3 Å². The van der Waals surface area contributed by atoms with Crippen molar-refractivity contribution < 1.29 is 4.74 Å². The quantitative estimate of drug-likeness (QED) is 0.900. The molecule has 0 bridgehead atoms. The largest absolute Gasteiger partial charge is 0.376 e. The van der Waals surface area contributed by atoms with Crippen LogP contribution in [0, 0.1) is 5.92 Å². The van der Waals surface area contributed by atoms with Gasteiger partial charge in [0.25, 0.3) is 0 Å². The van der Waals surface area contributed by atoms with E-state index in [0.29, 0.717) is 18.1 Å². The van der Waals surface area contributed by atoms with Crippen LogP contribution in [0.4, 0.5) is 0 Å². The summed E-state index contributed by atoms with van der Waals surface area (Å²) in [7, 11) is 0. The molecule has 1 aliphatic heterocycles. The lowest BCUT2D eigenvalue weighted by Gasteiger charge is -2.27. The summed E-state index contributed by atoms with van der Waals surface area (Å²) in [5.41, 5.74) is 1.35. The third kappa shape index (κ3) is 3.34. The lowest BCUT2D eigenvalue weighted by atomic mass is 9.93. The van der Waals surface area contributed by atoms with Gasteiger partial charge in [-0.15, -0.1) is 0 Å². The van der Waals surface area contributed by atoms with Crippen molar-refractivity contribution in [2.75, 3.05) is 13.2 Å². The molecule has 0 saturated carbocycles. The summed E-state index contributed by atoms with van der Waals surface area (Å²) in [4.78, 5) is 0. The number of ether oxygens (including phenoxy) is 1. The number of rotatable bonds is 5. The fourth-order valence-corrected chi connectivity index (χ4v) is 3.15. The summed E-state index contributed by atoms with van der Waals surface area (Å²) in [6.45, 7) is 6.35. The van der Waals surface area contributed by atoms with Gasteiger partial charge >= 0.3 is 0 Å². The second-order valence-electron chi connectivity index (χ2n) is 5.06. The van der Waals surface area contributed by atoms with E-state index in [0.717, 1.165) is 19.6 Å². The van der Waals surface area contributed by atoms with E-state index in [-0.39, 0.29) is 0 Å². The molecule has 1 saturated heterocycles. The Bertz CT molecular complexity index is 383. The zero-order valence-electron chi connectivity index (χ0n) is 11.2. The highest BCUT2D eigenvalue weighted by molar-refractivity contribution is 9.10. The maximum atomic E-state index is 5.91. The number of hydrogen-bond donors (Lipinski definition) is 1. The number of benzene rings is 1. The van der Waals surface area contributed by atoms with Crippen LogP contribution in [0.5, 0.6) is 0 Å². The van der Waals surface area contributed by atoms with Gasteiger partial charge in [-0.3, -0.25) is 0 Å². The average molecular weight is 312 g/mol. The molecular formula is C15H22BrNO. The Hall–Kier alpha value is -0.380. The molecule has 1 aromatic carbocycles. The maximum Gasteiger partial charge on any atom is 0.0757 e. The minimum absolute atomic E-state index is 0.344. The first-order valence-corrected chi connectivity index (χ1v) is 7.60. The molecule has 18 heavy (non-hydrogen) atoms. The highest BCUT2D eigenvalue weighted by atomic mass is 79.9. The van der Waals surface area contributed by atoms with Crippen LogP contribution in [0.15, 0.2) is 28.7 Å². The van der Waals surface area contributed by atoms with Gasteiger partial charge in [-0.05, 0) is 36.9 Å². The summed E-state index contributed by atoms with van der Waals surface area (Å²) in [5.74, 6) is 0.650. The molecular weight excluding hydrogens is 290 g/mol. The number of halogens is 1. The van der Waals surface area contributed by atoms with Crippen LogP contribution in [0.25, 0.3) is 0 Å². The summed E-state index contributed by atoms with van der Waals surface area (Å²) < 4.78 is 7.11. The molecule has 0 spiro atoms. The Morgan fingerprint density at radius 1 is 1.44 bits per heavy atom. The Kier molecular flexibility index (Phi) is 5.22. The molecule has 2 nitrogen and oxygen atoms in total. The molecule has 2 rings (SSSR count). The fourth-order valence-electron chi connectivity index (χ4n) is 2.70. The first-order valence-electron chi connectivity index (χ1n) is 6.80. The van der Waals surface area contributed by atoms with Crippen molar-refractivity contribution in [3.05, 3.63) is 34.3 Å². The van der Waals surface area contributed by atoms with E-state index in [4.69, 9.17) is 4.74 Å². The predicted molar refractivity (Wildman–Crippen MR) is 78.8 cm³/mol. The zero-order chi connectivity index (χ0) is 13.0. The SMILES string of the molecule is CCNC(Cc1ccccc1Br)C1OCCC1C. The predicted octanol–water partition coefficient (Wildman–Crippen LogP) is 3.39. The van der Waals surface area contributed by atoms with Gasteiger partial charge in [0, 0.05) is 17.1 Å². The number of hydrogen-bond acceptors (Lipinski definition) is 2. The van der Waals surface area contributed by atoms with E-state index in [9.17, 15) is 0 Å². The van der Waals surface area contributed by atoms with Gasteiger partial charge < -0.3 is 10.1 Å². The van der Waals surface area contributed by atoms with E-state index in [2.05, 4.69) is 59.4 Å². The second-order valence-corrected chi connectivity index (χ2v) is 5.92. The molecule has 0 aromatic heterocycles. The first kappa shape index (κ1) is 14.0. The fraction of sp³-hybridized carbons (Fsp3) is 0.600. The Morgan fingerprint density at radius 2 is 2.22 bits per heavy atom. The minimum atomic E-state index is 0.344. The molecule has 3 atom stereocenters. The van der Waals surface area contributed by atoms with Crippen molar-refractivity contribution in [3.8, 4) is 0 Å². The molecule has 1 N–H and O–H groups in total. The third-order valence-corrected chi connectivity index (χ3v) is 4.48. The van der Waals surface area contributed by atoms with Gasteiger partial charge in [0.05, 0.1) is 6.10 Å². The zero-order valence-corrected chi connectivity index (χ0v) is 12.7. The molecule has 0 amide bonds. The van der Waals surface area contributed by atoms with Crippen molar-refractivity contribution >= 4 is 15.9 Å². The maximum absolute atomic E-state index is 5.91. The smallest absolute Gasteiger partial charge is 0.0757 e. The molecule has 3 unspecified atom stereocenters. The van der Waals surface area contributed by atoms with Gasteiger partial charge in [0.2, 0.25) is 0 Å². The lowest BCUT2D eigenvalue weighted by Crippen LogP contribution is -2.43. The minimum Gasteiger partial charge on any atom is -0.376 e. The molecule has 100 valence electrons. The first-order chi connectivity index (χ1) is 8.72. The average Bonchev–Trinajstić information content (AvgIpc) is 2.78. The monoisotopic (exact) mass is 311 g/mol. The van der Waals surface area contributed by atoms with Crippen LogP contribution in [-0.2, 0) is 11.2 Å². The van der Waals surface area contributed by atoms with E-state index in [1.54, 1.807) is 0 Å². The van der Waals surface area contributed by atoms with Crippen molar-refractivity contribution in [2.24, 2.45) is 5.92 Å². The molecule has 1 heterocycles. The third-order valence-electron chi connectivity index (χ3n) is 3.70. The van der Waals surface area contributed by atoms with Crippen molar-refractivity contribution in [1.82, 2.24) is 5.32 Å². The molecule has 3 heteroatoms. The normalized spacial score (nSPS) is 25.3. The Morgan fingerprint density at radius 3 is 2.83 bits per heavy atom. The van der Waals surface area contributed by atoms with Gasteiger partial charge in [0.1, 0.15) is 0 Å². The molecule has 1 aromatic rings. The van der Waals surface area contributed by atoms with Gasteiger partial charge in [-0.1, -0.05) is 48.0 Å². The standard InChI is InChI=1S/C15H22BrNO/c1-3-17-14(15-11(2)8-9-18-15)10-12-6-4-5-7-13(12)16/h4-7,11,14-15,17H,3,8-10H2,1-2H3. The van der Waals surface area contributed by atoms with E-state index in [1.807, 2.05) is 0 Å². The summed E-state index contributed by atoms with van der Waals surface area (Å²) in [5, 5.41) is 3.58. The van der Waals surface area contributed by atoms with E-state index in [1.165, 1.54) is 16.5 Å². The Labute approximate surface area is 118 Å². The van der Waals surface area contributed by atoms with Crippen LogP contribution < -0.4 is 5.32 Å². The van der Waals surface area contributed by atoms with Gasteiger partial charge in [-0.25, -0.2) is 0 Å². The summed E-state index contributed by atoms with van der Waals surface area (Å²) >= 11 is 3.63. The molecule has 1 fully saturated rings. The Balaban J connectivity index is 2.08. The molecule has 0 aliphatic carbocycles. The highest BCUT2D eigenvalue weighted by Gasteiger charge is 2.31. The van der Waals surface area contributed by atoms with Crippen molar-refractivity contribution in [3.63, 3.8) is 0 Å².